The van der Waals surface area contributed by atoms with Crippen LogP contribution < -0.4 is 0 Å². The summed E-state index contributed by atoms with van der Waals surface area (Å²) in [6.07, 6.45) is 6.34. The van der Waals surface area contributed by atoms with E-state index in [1.54, 1.807) is 29.4 Å². The van der Waals surface area contributed by atoms with E-state index >= 15 is 0 Å². The van der Waals surface area contributed by atoms with Crippen LogP contribution in [0.15, 0.2) is 41.7 Å². The van der Waals surface area contributed by atoms with E-state index in [2.05, 4.69) is 9.97 Å². The number of fused-ring (bicyclic) bond motifs is 1. The number of aliphatic hydroxyl groups excluding tert-OH is 1. The first-order chi connectivity index (χ1) is 13.1. The Morgan fingerprint density at radius 3 is 2.89 bits per heavy atom. The van der Waals surface area contributed by atoms with E-state index < -0.39 is 11.8 Å². The Morgan fingerprint density at radius 1 is 1.41 bits per heavy atom. The number of hydrogen-bond donors (Lipinski definition) is 3. The zero-order valence-corrected chi connectivity index (χ0v) is 14.5. The van der Waals surface area contributed by atoms with Crippen LogP contribution >= 0.6 is 0 Å². The number of aliphatic carboxylic acids is 1. The molecule has 8 heteroatoms. The quantitative estimate of drug-likeness (QED) is 0.552. The number of aromatic nitrogens is 2. The van der Waals surface area contributed by atoms with Crippen LogP contribution in [0.2, 0.25) is 0 Å². The lowest BCUT2D eigenvalue weighted by Crippen LogP contribution is -2.35. The number of carbonyl (C=O) groups excluding carboxylic acids is 1. The maximum atomic E-state index is 12.7. The number of pyridine rings is 1. The first-order valence-corrected chi connectivity index (χ1v) is 8.78. The number of aliphatic hydroxyl groups is 1. The molecule has 0 amide bonds. The number of allylic oxidation sites excluding steroid dienone is 1. The van der Waals surface area contributed by atoms with Gasteiger partial charge in [0.25, 0.3) is 0 Å². The number of nitrogens with zero attached hydrogens (tertiary/aromatic N) is 2. The van der Waals surface area contributed by atoms with Crippen molar-refractivity contribution in [3.63, 3.8) is 0 Å². The number of H-pyrrole nitrogens is 1. The maximum absolute atomic E-state index is 12.7. The van der Waals surface area contributed by atoms with Gasteiger partial charge in [-0.15, -0.1) is 0 Å². The normalized spacial score (nSPS) is 20.0. The van der Waals surface area contributed by atoms with Gasteiger partial charge in [-0.1, -0.05) is 0 Å². The molecule has 0 atom stereocenters. The summed E-state index contributed by atoms with van der Waals surface area (Å²) in [6, 6.07) is 3.64. The predicted octanol–water partition coefficient (Wildman–Crippen LogP) is 1.50. The van der Waals surface area contributed by atoms with Gasteiger partial charge in [0.2, 0.25) is 11.7 Å². The molecule has 0 radical (unpaired) electrons. The molecule has 27 heavy (non-hydrogen) atoms. The SMILES string of the molecule is O=C(O)C1=C(N2CCC(CO)CC2)O/C(=C\c2c[nH]c3ncccc23)C1=O. The van der Waals surface area contributed by atoms with E-state index in [-0.39, 0.29) is 29.7 Å². The van der Waals surface area contributed by atoms with Crippen molar-refractivity contribution in [3.05, 3.63) is 47.3 Å². The van der Waals surface area contributed by atoms with Crippen molar-refractivity contribution in [2.24, 2.45) is 5.92 Å². The molecule has 8 nitrogen and oxygen atoms in total. The van der Waals surface area contributed by atoms with E-state index in [0.717, 1.165) is 18.2 Å². The number of carboxylic acids is 1. The second-order valence-electron chi connectivity index (χ2n) is 6.68. The minimum atomic E-state index is -1.30. The van der Waals surface area contributed by atoms with Gasteiger partial charge in [-0.25, -0.2) is 9.78 Å². The summed E-state index contributed by atoms with van der Waals surface area (Å²) in [5, 5.41) is 19.6. The summed E-state index contributed by atoms with van der Waals surface area (Å²) >= 11 is 0. The molecule has 2 aromatic rings. The van der Waals surface area contributed by atoms with Crippen LogP contribution in [-0.2, 0) is 14.3 Å². The Morgan fingerprint density at radius 2 is 2.19 bits per heavy atom. The van der Waals surface area contributed by atoms with Gasteiger partial charge in [0, 0.05) is 43.0 Å². The average Bonchev–Trinajstić information content (AvgIpc) is 3.24. The number of piperidine rings is 1. The number of hydrogen-bond acceptors (Lipinski definition) is 6. The Hall–Kier alpha value is -3.13. The summed E-state index contributed by atoms with van der Waals surface area (Å²) in [6.45, 7) is 1.18. The standard InChI is InChI=1S/C19H19N3O5/c23-10-11-3-6-22(7-4-11)18-15(19(25)26)16(24)14(27-18)8-12-9-21-17-13(12)2-1-5-20-17/h1-2,5,8-9,11,23H,3-4,6-7,10H2,(H,20,21)(H,25,26)/b14-8-. The fourth-order valence-electron chi connectivity index (χ4n) is 3.48. The van der Waals surface area contributed by atoms with E-state index in [1.807, 2.05) is 6.07 Å². The lowest BCUT2D eigenvalue weighted by atomic mass is 9.98. The predicted molar refractivity (Wildman–Crippen MR) is 96.2 cm³/mol. The largest absolute Gasteiger partial charge is 0.477 e. The zero-order valence-electron chi connectivity index (χ0n) is 14.5. The summed E-state index contributed by atoms with van der Waals surface area (Å²) in [5.74, 6) is -1.67. The third-order valence-electron chi connectivity index (χ3n) is 5.01. The molecule has 0 aliphatic carbocycles. The van der Waals surface area contributed by atoms with Crippen LogP contribution in [0.25, 0.3) is 17.1 Å². The molecule has 0 saturated carbocycles. The molecule has 3 N–H and O–H groups in total. The first kappa shape index (κ1) is 17.3. The number of ketones is 1. The van der Waals surface area contributed by atoms with Gasteiger partial charge in [-0.05, 0) is 37.0 Å². The van der Waals surface area contributed by atoms with Crippen molar-refractivity contribution >= 4 is 28.9 Å². The van der Waals surface area contributed by atoms with Crippen LogP contribution in [0.5, 0.6) is 0 Å². The monoisotopic (exact) mass is 369 g/mol. The minimum Gasteiger partial charge on any atom is -0.477 e. The third kappa shape index (κ3) is 3.08. The van der Waals surface area contributed by atoms with Crippen molar-refractivity contribution in [2.45, 2.75) is 12.8 Å². The van der Waals surface area contributed by atoms with Crippen LogP contribution in [0.1, 0.15) is 18.4 Å². The highest BCUT2D eigenvalue weighted by atomic mass is 16.5. The number of nitrogens with one attached hydrogen (secondary N) is 1. The number of likely N-dealkylation sites (tertiary alicyclic amines) is 1. The molecule has 4 heterocycles. The number of carboxylic acid groups (broad SMARTS) is 1. The molecular formula is C19H19N3O5. The molecule has 2 aliphatic heterocycles. The lowest BCUT2D eigenvalue weighted by Gasteiger charge is -2.32. The molecule has 0 bridgehead atoms. The molecule has 4 rings (SSSR count). The van der Waals surface area contributed by atoms with Crippen LogP contribution in [0, 0.1) is 5.92 Å². The van der Waals surface area contributed by atoms with Crippen LogP contribution in [-0.4, -0.2) is 56.5 Å². The number of aromatic amines is 1. The summed E-state index contributed by atoms with van der Waals surface area (Å²) < 4.78 is 5.72. The van der Waals surface area contributed by atoms with Crippen LogP contribution in [0.3, 0.4) is 0 Å². The summed E-state index contributed by atoms with van der Waals surface area (Å²) in [7, 11) is 0. The van der Waals surface area contributed by atoms with Crippen molar-refractivity contribution in [3.8, 4) is 0 Å². The van der Waals surface area contributed by atoms with Crippen molar-refractivity contribution in [1.29, 1.82) is 0 Å². The Labute approximate surface area is 154 Å². The molecule has 0 aromatic carbocycles. The molecule has 2 aliphatic rings. The fraction of sp³-hybridized carbons (Fsp3) is 0.316. The average molecular weight is 369 g/mol. The molecule has 140 valence electrons. The van der Waals surface area contributed by atoms with Gasteiger partial charge in [0.05, 0.1) is 0 Å². The summed E-state index contributed by atoms with van der Waals surface area (Å²) in [5.41, 5.74) is 1.03. The molecule has 0 spiro atoms. The minimum absolute atomic E-state index is 0.0172. The second-order valence-corrected chi connectivity index (χ2v) is 6.68. The third-order valence-corrected chi connectivity index (χ3v) is 5.01. The molecule has 0 unspecified atom stereocenters. The Balaban J connectivity index is 1.65. The lowest BCUT2D eigenvalue weighted by molar-refractivity contribution is -0.134. The molecule has 2 aromatic heterocycles. The molecule has 1 saturated heterocycles. The highest BCUT2D eigenvalue weighted by Gasteiger charge is 2.39. The first-order valence-electron chi connectivity index (χ1n) is 8.78. The van der Waals surface area contributed by atoms with Gasteiger partial charge in [-0.2, -0.15) is 0 Å². The van der Waals surface area contributed by atoms with Gasteiger partial charge >= 0.3 is 5.97 Å². The van der Waals surface area contributed by atoms with E-state index in [1.165, 1.54) is 0 Å². The zero-order chi connectivity index (χ0) is 19.0. The van der Waals surface area contributed by atoms with Crippen LogP contribution in [0.4, 0.5) is 0 Å². The van der Waals surface area contributed by atoms with Gasteiger partial charge in [0.15, 0.2) is 11.3 Å². The molecular weight excluding hydrogens is 350 g/mol. The number of carbonyl (C=O) groups is 2. The van der Waals surface area contributed by atoms with Gasteiger partial charge in [-0.3, -0.25) is 4.79 Å². The number of ether oxygens (including phenoxy) is 1. The van der Waals surface area contributed by atoms with E-state index in [0.29, 0.717) is 24.3 Å². The molecule has 1 fully saturated rings. The topological polar surface area (TPSA) is 116 Å². The van der Waals surface area contributed by atoms with Gasteiger partial charge in [0.1, 0.15) is 5.65 Å². The smallest absolute Gasteiger partial charge is 0.345 e. The van der Waals surface area contributed by atoms with Crippen molar-refractivity contribution in [1.82, 2.24) is 14.9 Å². The number of Topliss-reactive ketones (excluding diaryl/α,β-unsaturated/α-hetero) is 1. The Bertz CT molecular complexity index is 967. The summed E-state index contributed by atoms with van der Waals surface area (Å²) in [4.78, 5) is 33.3. The van der Waals surface area contributed by atoms with Crippen molar-refractivity contribution < 1.29 is 24.5 Å². The van der Waals surface area contributed by atoms with E-state index in [9.17, 15) is 19.8 Å². The number of rotatable bonds is 4. The Kier molecular flexibility index (Phi) is 4.41. The fourth-order valence-corrected chi connectivity index (χ4v) is 3.48. The highest BCUT2D eigenvalue weighted by molar-refractivity contribution is 6.26. The van der Waals surface area contributed by atoms with Crippen molar-refractivity contribution in [2.75, 3.05) is 19.7 Å². The van der Waals surface area contributed by atoms with Gasteiger partial charge < -0.3 is 24.8 Å². The maximum Gasteiger partial charge on any atom is 0.345 e. The highest BCUT2D eigenvalue weighted by Crippen LogP contribution is 2.32. The van der Waals surface area contributed by atoms with E-state index in [4.69, 9.17) is 4.74 Å². The second kappa shape index (κ2) is 6.88.